The quantitative estimate of drug-likeness (QED) is 0.433. The van der Waals surface area contributed by atoms with Gasteiger partial charge in [0.05, 0.1) is 16.9 Å². The van der Waals surface area contributed by atoms with Crippen LogP contribution < -0.4 is 10.7 Å². The molecule has 1 N–H and O–H groups in total. The predicted octanol–water partition coefficient (Wildman–Crippen LogP) is 3.56. The van der Waals surface area contributed by atoms with E-state index in [0.717, 1.165) is 22.9 Å². The molecule has 0 bridgehead atoms. The Morgan fingerprint density at radius 2 is 1.76 bits per heavy atom. The van der Waals surface area contributed by atoms with Gasteiger partial charge in [0.15, 0.2) is 12.4 Å². The van der Waals surface area contributed by atoms with Crippen LogP contribution in [-0.4, -0.2) is 34.0 Å². The molecule has 0 radical (unpaired) electrons. The van der Waals surface area contributed by atoms with Crippen molar-refractivity contribution in [2.45, 2.75) is 20.0 Å². The lowest BCUT2D eigenvalue weighted by Crippen LogP contribution is -2.27. The highest BCUT2D eigenvalue weighted by Gasteiger charge is 2.30. The average Bonchev–Trinajstić information content (AvgIpc) is 2.77. The summed E-state index contributed by atoms with van der Waals surface area (Å²) in [5.74, 6) is -2.29. The zero-order valence-corrected chi connectivity index (χ0v) is 18.0. The van der Waals surface area contributed by atoms with Gasteiger partial charge in [-0.25, -0.2) is 9.48 Å². The number of benzene rings is 2. The van der Waals surface area contributed by atoms with Gasteiger partial charge in [-0.05, 0) is 44.2 Å². The average molecular weight is 473 g/mol. The highest BCUT2D eigenvalue weighted by Crippen LogP contribution is 2.30. The number of halogens is 3. The van der Waals surface area contributed by atoms with Crippen molar-refractivity contribution in [2.24, 2.45) is 0 Å². The molecular weight excluding hydrogens is 455 g/mol. The number of para-hydroxylation sites is 1. The summed E-state index contributed by atoms with van der Waals surface area (Å²) < 4.78 is 45.0. The van der Waals surface area contributed by atoms with E-state index in [1.807, 2.05) is 0 Å². The van der Waals surface area contributed by atoms with Gasteiger partial charge in [0.2, 0.25) is 11.1 Å². The maximum absolute atomic E-state index is 13.0. The molecule has 176 valence electrons. The minimum Gasteiger partial charge on any atom is -0.451 e. The molecule has 0 spiro atoms. The Morgan fingerprint density at radius 3 is 2.44 bits per heavy atom. The third-order valence-corrected chi connectivity index (χ3v) is 4.63. The van der Waals surface area contributed by atoms with Crippen LogP contribution in [-0.2, 0) is 15.7 Å². The second-order valence-corrected chi connectivity index (χ2v) is 7.18. The van der Waals surface area contributed by atoms with Gasteiger partial charge >= 0.3 is 12.1 Å². The zero-order valence-electron chi connectivity index (χ0n) is 18.0. The third kappa shape index (κ3) is 5.55. The fourth-order valence-corrected chi connectivity index (χ4v) is 3.05. The first-order valence-electron chi connectivity index (χ1n) is 9.83. The fourth-order valence-electron chi connectivity index (χ4n) is 3.05. The summed E-state index contributed by atoms with van der Waals surface area (Å²) in [5.41, 5.74) is -1.84. The summed E-state index contributed by atoms with van der Waals surface area (Å²) in [6, 6.07) is 11.4. The maximum Gasteiger partial charge on any atom is 0.416 e. The van der Waals surface area contributed by atoms with Crippen molar-refractivity contribution in [2.75, 3.05) is 11.9 Å². The Bertz CT molecular complexity index is 1330. The van der Waals surface area contributed by atoms with E-state index in [2.05, 4.69) is 10.4 Å². The fraction of sp³-hybridized carbons (Fsp3) is 0.174. The van der Waals surface area contributed by atoms with Gasteiger partial charge in [-0.1, -0.05) is 18.2 Å². The van der Waals surface area contributed by atoms with Gasteiger partial charge in [-0.15, -0.1) is 0 Å². The number of aromatic nitrogens is 2. The molecule has 0 aliphatic carbocycles. The number of ether oxygens (including phenoxy) is 1. The summed E-state index contributed by atoms with van der Waals surface area (Å²) in [4.78, 5) is 48.5. The van der Waals surface area contributed by atoms with Crippen LogP contribution in [0.5, 0.6) is 0 Å². The highest BCUT2D eigenvalue weighted by atomic mass is 19.4. The van der Waals surface area contributed by atoms with Crippen molar-refractivity contribution in [3.8, 4) is 5.69 Å². The summed E-state index contributed by atoms with van der Waals surface area (Å²) in [5, 5.41) is 6.28. The molecule has 1 amide bonds. The molecule has 2 aromatic carbocycles. The molecule has 0 fully saturated rings. The number of carbonyl (C=O) groups excluding carboxylic acids is 3. The Balaban J connectivity index is 1.79. The molecule has 0 unspecified atom stereocenters. The summed E-state index contributed by atoms with van der Waals surface area (Å²) in [6.45, 7) is 1.97. The van der Waals surface area contributed by atoms with Gasteiger partial charge in [-0.3, -0.25) is 14.4 Å². The van der Waals surface area contributed by atoms with Crippen molar-refractivity contribution < 1.29 is 32.3 Å². The van der Waals surface area contributed by atoms with Crippen LogP contribution in [0.2, 0.25) is 0 Å². The molecule has 1 aromatic heterocycles. The van der Waals surface area contributed by atoms with Crippen LogP contribution in [0.4, 0.5) is 18.9 Å². The molecule has 8 nitrogen and oxygen atoms in total. The third-order valence-electron chi connectivity index (χ3n) is 4.63. The number of nitrogens with one attached hydrogen (secondary N) is 1. The lowest BCUT2D eigenvalue weighted by atomic mass is 10.1. The maximum atomic E-state index is 13.0. The zero-order chi connectivity index (χ0) is 25.0. The molecule has 3 aromatic rings. The molecular formula is C23H18F3N3O5. The minimum atomic E-state index is -4.60. The van der Waals surface area contributed by atoms with Gasteiger partial charge in [0, 0.05) is 17.3 Å². The SMILES string of the molecule is CC(=O)c1ccccc1NC(=O)COC(=O)c1nn(-c2cccc(C(F)(F)F)c2)c(C)cc1=O. The lowest BCUT2D eigenvalue weighted by molar-refractivity contribution is -0.137. The molecule has 0 aliphatic rings. The first-order chi connectivity index (χ1) is 16.0. The second kappa shape index (κ2) is 9.69. The smallest absolute Gasteiger partial charge is 0.416 e. The number of Topliss-reactive ketones (excluding diaryl/α,β-unsaturated/α-hetero) is 1. The Morgan fingerprint density at radius 1 is 1.06 bits per heavy atom. The van der Waals surface area contributed by atoms with Crippen LogP contribution >= 0.6 is 0 Å². The topological polar surface area (TPSA) is 107 Å². The summed E-state index contributed by atoms with van der Waals surface area (Å²) in [7, 11) is 0. The molecule has 0 aliphatic heterocycles. The van der Waals surface area contributed by atoms with E-state index in [0.29, 0.717) is 0 Å². The predicted molar refractivity (Wildman–Crippen MR) is 115 cm³/mol. The first-order valence-corrected chi connectivity index (χ1v) is 9.83. The lowest BCUT2D eigenvalue weighted by Gasteiger charge is -2.13. The van der Waals surface area contributed by atoms with Crippen molar-refractivity contribution >= 4 is 23.3 Å². The van der Waals surface area contributed by atoms with Crippen LogP contribution in [0.25, 0.3) is 5.69 Å². The van der Waals surface area contributed by atoms with E-state index in [4.69, 9.17) is 4.74 Å². The Kier molecular flexibility index (Phi) is 6.94. The van der Waals surface area contributed by atoms with E-state index >= 15 is 0 Å². The summed E-state index contributed by atoms with van der Waals surface area (Å²) in [6.07, 6.45) is -4.60. The standard InChI is InChI=1S/C23H18F3N3O5/c1-13-10-19(31)21(28-29(13)16-7-5-6-15(11-16)23(24,25)26)22(33)34-12-20(32)27-18-9-4-3-8-17(18)14(2)30/h3-11H,12H2,1-2H3,(H,27,32). The van der Waals surface area contributed by atoms with Crippen molar-refractivity contribution in [1.82, 2.24) is 9.78 Å². The molecule has 3 rings (SSSR count). The number of carbonyl (C=O) groups is 3. The van der Waals surface area contributed by atoms with E-state index in [1.165, 1.54) is 38.1 Å². The number of aryl methyl sites for hydroxylation is 1. The molecule has 1 heterocycles. The molecule has 34 heavy (non-hydrogen) atoms. The molecule has 0 saturated carbocycles. The first kappa shape index (κ1) is 24.4. The number of anilines is 1. The summed E-state index contributed by atoms with van der Waals surface area (Å²) >= 11 is 0. The number of rotatable bonds is 6. The van der Waals surface area contributed by atoms with E-state index in [9.17, 15) is 32.3 Å². The number of ketones is 1. The number of esters is 1. The molecule has 0 saturated heterocycles. The van der Waals surface area contributed by atoms with Gasteiger partial charge in [-0.2, -0.15) is 18.3 Å². The number of hydrogen-bond acceptors (Lipinski definition) is 6. The highest BCUT2D eigenvalue weighted by molar-refractivity contribution is 6.04. The monoisotopic (exact) mass is 473 g/mol. The van der Waals surface area contributed by atoms with Crippen LogP contribution in [0.1, 0.15) is 39.0 Å². The number of alkyl halides is 3. The minimum absolute atomic E-state index is 0.0278. The largest absolute Gasteiger partial charge is 0.451 e. The van der Waals surface area contributed by atoms with E-state index in [-0.39, 0.29) is 28.4 Å². The van der Waals surface area contributed by atoms with Crippen molar-refractivity contribution in [3.05, 3.63) is 87.3 Å². The van der Waals surface area contributed by atoms with Gasteiger partial charge in [0.1, 0.15) is 0 Å². The Labute approximate surface area is 191 Å². The molecule has 0 atom stereocenters. The van der Waals surface area contributed by atoms with Crippen LogP contribution in [0, 0.1) is 6.92 Å². The van der Waals surface area contributed by atoms with Crippen molar-refractivity contribution in [3.63, 3.8) is 0 Å². The van der Waals surface area contributed by atoms with E-state index < -0.39 is 41.3 Å². The van der Waals surface area contributed by atoms with Gasteiger partial charge < -0.3 is 10.1 Å². The second-order valence-electron chi connectivity index (χ2n) is 7.18. The van der Waals surface area contributed by atoms with Crippen LogP contribution in [0.15, 0.2) is 59.4 Å². The number of amides is 1. The van der Waals surface area contributed by atoms with E-state index in [1.54, 1.807) is 12.1 Å². The van der Waals surface area contributed by atoms with Crippen LogP contribution in [0.3, 0.4) is 0 Å². The van der Waals surface area contributed by atoms with Gasteiger partial charge in [0.25, 0.3) is 5.91 Å². The molecule has 11 heteroatoms. The Hall–Kier alpha value is -4.28. The number of nitrogens with zero attached hydrogens (tertiary/aromatic N) is 2. The van der Waals surface area contributed by atoms with Crippen molar-refractivity contribution in [1.29, 1.82) is 0 Å². The normalized spacial score (nSPS) is 11.1. The number of hydrogen-bond donors (Lipinski definition) is 1.